The van der Waals surface area contributed by atoms with Crippen LogP contribution < -0.4 is 4.74 Å². The zero-order valence-electron chi connectivity index (χ0n) is 15.8. The third-order valence-electron chi connectivity index (χ3n) is 3.78. The molecule has 0 heterocycles. The summed E-state index contributed by atoms with van der Waals surface area (Å²) in [6.07, 6.45) is 0. The molecule has 144 valence electrons. The Morgan fingerprint density at radius 2 is 1.45 bits per heavy atom. The maximum Gasteiger partial charge on any atom is 0.338 e. The number of carbonyl (C=O) groups is 2. The highest BCUT2D eigenvalue weighted by atomic mass is 16.5. The topological polar surface area (TPSA) is 87.4 Å². The third kappa shape index (κ3) is 6.49. The average molecular weight is 385 g/mol. The molecule has 0 saturated carbocycles. The number of carboxylic acids is 1. The van der Waals surface area contributed by atoms with Crippen molar-refractivity contribution in [3.63, 3.8) is 0 Å². The minimum absolute atomic E-state index is 0.144. The van der Waals surface area contributed by atoms with E-state index >= 15 is 0 Å². The van der Waals surface area contributed by atoms with Crippen LogP contribution in [0.3, 0.4) is 0 Å². The fraction of sp³-hybridized carbons (Fsp3) is 0.0417. The highest BCUT2D eigenvalue weighted by Crippen LogP contribution is 2.18. The molecule has 29 heavy (non-hydrogen) atoms. The van der Waals surface area contributed by atoms with Crippen molar-refractivity contribution in [2.45, 2.75) is 6.92 Å². The van der Waals surface area contributed by atoms with Gasteiger partial charge >= 0.3 is 11.9 Å². The van der Waals surface area contributed by atoms with E-state index in [1.54, 1.807) is 0 Å². The van der Waals surface area contributed by atoms with Gasteiger partial charge in [0.1, 0.15) is 5.75 Å². The Morgan fingerprint density at radius 1 is 0.897 bits per heavy atom. The van der Waals surface area contributed by atoms with Gasteiger partial charge in [-0.25, -0.2) is 9.59 Å². The van der Waals surface area contributed by atoms with Crippen LogP contribution in [-0.4, -0.2) is 17.0 Å². The van der Waals surface area contributed by atoms with Gasteiger partial charge in [-0.05, 0) is 54.4 Å². The molecule has 0 radical (unpaired) electrons. The highest BCUT2D eigenvalue weighted by Gasteiger charge is 2.06. The molecule has 0 aromatic heterocycles. The van der Waals surface area contributed by atoms with Crippen LogP contribution in [0.2, 0.25) is 0 Å². The molecule has 0 atom stereocenters. The van der Waals surface area contributed by atoms with Crippen LogP contribution in [0.15, 0.2) is 91.0 Å². The van der Waals surface area contributed by atoms with Gasteiger partial charge in [0.2, 0.25) is 0 Å². The number of hydrogen-bond acceptors (Lipinski definition) is 4. The molecule has 0 fully saturated rings. The molecule has 0 aliphatic rings. The van der Waals surface area contributed by atoms with E-state index in [1.165, 1.54) is 36.8 Å². The zero-order chi connectivity index (χ0) is 21.2. The number of carboxylic acid groups (broad SMARTS) is 1. The number of aromatic carboxylic acids is 1. The van der Waals surface area contributed by atoms with Crippen LogP contribution in [0, 0.1) is 11.3 Å². The predicted molar refractivity (Wildman–Crippen MR) is 110 cm³/mol. The third-order valence-corrected chi connectivity index (χ3v) is 3.78. The predicted octanol–water partition coefficient (Wildman–Crippen LogP) is 5.09. The minimum atomic E-state index is -1.02. The first-order valence-electron chi connectivity index (χ1n) is 8.67. The van der Waals surface area contributed by atoms with Crippen LogP contribution in [0.5, 0.6) is 5.75 Å². The molecule has 5 heteroatoms. The number of hydrogen-bond donors (Lipinski definition) is 1. The average Bonchev–Trinajstić information content (AvgIpc) is 2.75. The summed E-state index contributed by atoms with van der Waals surface area (Å²) in [5.74, 6) is -1.25. The smallest absolute Gasteiger partial charge is 0.338 e. The molecule has 0 saturated heterocycles. The summed E-state index contributed by atoms with van der Waals surface area (Å²) in [6.45, 7) is 4.96. The van der Waals surface area contributed by atoms with E-state index in [9.17, 15) is 9.59 Å². The summed E-state index contributed by atoms with van der Waals surface area (Å²) in [5, 5.41) is 17.3. The molecule has 1 N–H and O–H groups in total. The van der Waals surface area contributed by atoms with Gasteiger partial charge in [0.05, 0.1) is 17.2 Å². The van der Waals surface area contributed by atoms with E-state index in [2.05, 4.69) is 24.8 Å². The molecular formula is C24H19NO4. The molecule has 0 unspecified atom stereocenters. The molecule has 3 aromatic carbocycles. The standard InChI is InChI=1S/C13H9N.C11H10O4/c14-10-11-6-8-13(9-7-11)12-4-2-1-3-5-12;1-7(2)11(14)15-9-5-3-8(4-6-9)10(12)13/h1-9H;3-6H,1H2,2H3,(H,12,13). The Hall–Kier alpha value is -4.17. The maximum atomic E-state index is 11.1. The number of esters is 1. The van der Waals surface area contributed by atoms with Crippen LogP contribution >= 0.6 is 0 Å². The molecule has 3 rings (SSSR count). The molecule has 0 amide bonds. The molecular weight excluding hydrogens is 366 g/mol. The van der Waals surface area contributed by atoms with Crippen molar-refractivity contribution in [1.82, 2.24) is 0 Å². The lowest BCUT2D eigenvalue weighted by atomic mass is 10.0. The SMILES string of the molecule is C=C(C)C(=O)Oc1ccc(C(=O)O)cc1.N#Cc1ccc(-c2ccccc2)cc1. The lowest BCUT2D eigenvalue weighted by molar-refractivity contribution is -0.130. The minimum Gasteiger partial charge on any atom is -0.478 e. The van der Waals surface area contributed by atoms with Crippen LogP contribution in [-0.2, 0) is 4.79 Å². The van der Waals surface area contributed by atoms with Gasteiger partial charge in [0, 0.05) is 5.57 Å². The van der Waals surface area contributed by atoms with Gasteiger partial charge in [0.15, 0.2) is 0 Å². The zero-order valence-corrected chi connectivity index (χ0v) is 15.8. The van der Waals surface area contributed by atoms with E-state index < -0.39 is 11.9 Å². The van der Waals surface area contributed by atoms with Gasteiger partial charge in [-0.2, -0.15) is 5.26 Å². The van der Waals surface area contributed by atoms with Crippen molar-refractivity contribution in [3.05, 3.63) is 102 Å². The molecule has 3 aromatic rings. The largest absolute Gasteiger partial charge is 0.478 e. The van der Waals surface area contributed by atoms with Crippen LogP contribution in [0.1, 0.15) is 22.8 Å². The number of ether oxygens (including phenoxy) is 1. The summed E-state index contributed by atoms with van der Waals surface area (Å²) in [6, 6.07) is 25.4. The molecule has 0 aliphatic heterocycles. The first kappa shape index (κ1) is 21.1. The van der Waals surface area contributed by atoms with Gasteiger partial charge in [0.25, 0.3) is 0 Å². The van der Waals surface area contributed by atoms with Crippen LogP contribution in [0.4, 0.5) is 0 Å². The first-order valence-corrected chi connectivity index (χ1v) is 8.67. The van der Waals surface area contributed by atoms with Crippen molar-refractivity contribution in [1.29, 1.82) is 5.26 Å². The fourth-order valence-electron chi connectivity index (χ4n) is 2.23. The number of rotatable bonds is 4. The van der Waals surface area contributed by atoms with Gasteiger partial charge in [-0.3, -0.25) is 0 Å². The van der Waals surface area contributed by atoms with Gasteiger partial charge in [-0.15, -0.1) is 0 Å². The Morgan fingerprint density at radius 3 is 1.93 bits per heavy atom. The monoisotopic (exact) mass is 385 g/mol. The van der Waals surface area contributed by atoms with Crippen molar-refractivity contribution in [3.8, 4) is 22.9 Å². The normalized spacial score (nSPS) is 9.38. The van der Waals surface area contributed by atoms with Crippen molar-refractivity contribution in [2.75, 3.05) is 0 Å². The lowest BCUT2D eigenvalue weighted by Gasteiger charge is -2.03. The van der Waals surface area contributed by atoms with E-state index in [1.807, 2.05) is 42.5 Å². The van der Waals surface area contributed by atoms with E-state index in [4.69, 9.17) is 15.1 Å². The van der Waals surface area contributed by atoms with E-state index in [0.717, 1.165) is 5.56 Å². The summed E-state index contributed by atoms with van der Waals surface area (Å²) in [7, 11) is 0. The second-order valence-electron chi connectivity index (χ2n) is 6.05. The first-order chi connectivity index (χ1) is 13.9. The fourth-order valence-corrected chi connectivity index (χ4v) is 2.23. The highest BCUT2D eigenvalue weighted by molar-refractivity contribution is 5.89. The quantitative estimate of drug-likeness (QED) is 0.384. The number of carbonyl (C=O) groups excluding carboxylic acids is 1. The Balaban J connectivity index is 0.000000207. The van der Waals surface area contributed by atoms with Crippen molar-refractivity contribution >= 4 is 11.9 Å². The summed E-state index contributed by atoms with van der Waals surface area (Å²) in [4.78, 5) is 21.6. The maximum absolute atomic E-state index is 11.1. The van der Waals surface area contributed by atoms with E-state index in [-0.39, 0.29) is 11.1 Å². The summed E-state index contributed by atoms with van der Waals surface area (Å²) >= 11 is 0. The van der Waals surface area contributed by atoms with Crippen molar-refractivity contribution < 1.29 is 19.4 Å². The second-order valence-corrected chi connectivity index (χ2v) is 6.05. The Kier molecular flexibility index (Phi) is 7.46. The van der Waals surface area contributed by atoms with E-state index in [0.29, 0.717) is 11.3 Å². The summed E-state index contributed by atoms with van der Waals surface area (Å²) < 4.78 is 4.88. The second kappa shape index (κ2) is 10.2. The van der Waals surface area contributed by atoms with Crippen LogP contribution in [0.25, 0.3) is 11.1 Å². The van der Waals surface area contributed by atoms with Gasteiger partial charge < -0.3 is 9.84 Å². The Bertz CT molecular complexity index is 1030. The molecule has 5 nitrogen and oxygen atoms in total. The lowest BCUT2D eigenvalue weighted by Crippen LogP contribution is -2.08. The number of nitriles is 1. The Labute approximate surface area is 169 Å². The summed E-state index contributed by atoms with van der Waals surface area (Å²) in [5.41, 5.74) is 3.45. The number of benzene rings is 3. The molecule has 0 aliphatic carbocycles. The number of nitrogens with zero attached hydrogens (tertiary/aromatic N) is 1. The molecule has 0 bridgehead atoms. The molecule has 0 spiro atoms. The van der Waals surface area contributed by atoms with Crippen molar-refractivity contribution in [2.24, 2.45) is 0 Å². The van der Waals surface area contributed by atoms with Gasteiger partial charge in [-0.1, -0.05) is 49.0 Å².